The summed E-state index contributed by atoms with van der Waals surface area (Å²) in [5.41, 5.74) is 0. The van der Waals surface area contributed by atoms with Gasteiger partial charge in [0.1, 0.15) is 19.3 Å². The number of nitrogens with one attached hydrogen (secondary N) is 1. The van der Waals surface area contributed by atoms with Crippen LogP contribution in [0, 0.1) is 0 Å². The van der Waals surface area contributed by atoms with E-state index in [0.29, 0.717) is 24.0 Å². The number of unbranched alkanes of at least 4 members (excludes halogenated alkanes) is 28. The van der Waals surface area contributed by atoms with Gasteiger partial charge in [-0.3, -0.25) is 9.05 Å². The summed E-state index contributed by atoms with van der Waals surface area (Å²) in [6.45, 7) is 5.67. The van der Waals surface area contributed by atoms with E-state index in [0.717, 1.165) is 32.1 Å². The predicted molar refractivity (Wildman–Crippen MR) is 217 cm³/mol. The van der Waals surface area contributed by atoms with Gasteiger partial charge in [0.05, 0.1) is 27.7 Å². The van der Waals surface area contributed by atoms with E-state index in [2.05, 4.69) is 19.2 Å². The summed E-state index contributed by atoms with van der Waals surface area (Å²) in [4.78, 5) is 22.8. The molecule has 0 bridgehead atoms. The van der Waals surface area contributed by atoms with Crippen LogP contribution in [0.25, 0.3) is 0 Å². The number of quaternary nitrogens is 1. The Morgan fingerprint density at radius 1 is 0.569 bits per heavy atom. The van der Waals surface area contributed by atoms with Crippen molar-refractivity contribution < 1.29 is 32.5 Å². The van der Waals surface area contributed by atoms with Crippen LogP contribution in [0.4, 0.5) is 4.79 Å². The van der Waals surface area contributed by atoms with Gasteiger partial charge in [-0.05, 0) is 19.3 Å². The van der Waals surface area contributed by atoms with Gasteiger partial charge in [-0.1, -0.05) is 194 Å². The summed E-state index contributed by atoms with van der Waals surface area (Å²) >= 11 is 0. The lowest BCUT2D eigenvalue weighted by molar-refractivity contribution is -0.870. The number of amides is 1. The molecule has 0 radical (unpaired) electrons. The predicted octanol–water partition coefficient (Wildman–Crippen LogP) is 13.1. The average Bonchev–Trinajstić information content (AvgIpc) is 3.08. The highest BCUT2D eigenvalue weighted by Gasteiger charge is 2.26. The molecule has 0 saturated carbocycles. The zero-order valence-electron chi connectivity index (χ0n) is 34.7. The summed E-state index contributed by atoms with van der Waals surface area (Å²) < 4.78 is 29.3. The Morgan fingerprint density at radius 2 is 0.922 bits per heavy atom. The zero-order valence-corrected chi connectivity index (χ0v) is 35.6. The number of alkyl carbamates (subject to hydrolysis) is 1. The second-order valence-corrected chi connectivity index (χ2v) is 17.7. The van der Waals surface area contributed by atoms with E-state index >= 15 is 0 Å². The number of ether oxygens (including phenoxy) is 1. The van der Waals surface area contributed by atoms with Crippen molar-refractivity contribution in [3.63, 3.8) is 0 Å². The van der Waals surface area contributed by atoms with E-state index in [9.17, 15) is 14.3 Å². The first-order valence-electron chi connectivity index (χ1n) is 22.0. The highest BCUT2D eigenvalue weighted by Crippen LogP contribution is 2.43. The quantitative estimate of drug-likeness (QED) is 0.0368. The molecule has 2 unspecified atom stereocenters. The number of phosphoric ester groups is 1. The molecule has 306 valence electrons. The molecule has 0 aromatic heterocycles. The van der Waals surface area contributed by atoms with Gasteiger partial charge in [0.25, 0.3) is 0 Å². The molecule has 0 aliphatic carbocycles. The Morgan fingerprint density at radius 3 is 1.29 bits per heavy atom. The van der Waals surface area contributed by atoms with E-state index in [1.54, 1.807) is 0 Å². The number of carbonyl (C=O) groups excluding carboxylic acids is 1. The highest BCUT2D eigenvalue weighted by atomic mass is 31.2. The molecule has 0 saturated heterocycles. The summed E-state index contributed by atoms with van der Waals surface area (Å²) in [5, 5.41) is 2.88. The SMILES string of the molecule is CCCCCCCCCCCCCCCCCCC(COP(=O)(O)OCC[N+](C)(C)C)OC(=O)NCCCCCCCCCCCCCCCC. The second-order valence-electron chi connectivity index (χ2n) is 16.3. The number of likely N-dealkylation sites (N-methyl/N-ethyl adjacent to an activating group) is 1. The molecule has 0 rings (SSSR count). The molecule has 0 aromatic carbocycles. The van der Waals surface area contributed by atoms with Crippen LogP contribution in [-0.4, -0.2) is 69.0 Å². The fraction of sp³-hybridized carbons (Fsp3) is 0.976. The maximum absolute atomic E-state index is 12.6. The minimum Gasteiger partial charge on any atom is -0.444 e. The number of hydrogen-bond acceptors (Lipinski definition) is 5. The molecule has 51 heavy (non-hydrogen) atoms. The molecule has 1 amide bonds. The van der Waals surface area contributed by atoms with E-state index < -0.39 is 20.0 Å². The Labute approximate surface area is 317 Å². The van der Waals surface area contributed by atoms with Crippen LogP contribution in [0.3, 0.4) is 0 Å². The van der Waals surface area contributed by atoms with Crippen molar-refractivity contribution in [2.24, 2.45) is 0 Å². The van der Waals surface area contributed by atoms with Crippen LogP contribution in [0.1, 0.15) is 213 Å². The van der Waals surface area contributed by atoms with Crippen molar-refractivity contribution in [2.75, 3.05) is 47.4 Å². The van der Waals surface area contributed by atoms with Crippen molar-refractivity contribution in [2.45, 2.75) is 219 Å². The summed E-state index contributed by atoms with van der Waals surface area (Å²) in [5.74, 6) is 0. The minimum absolute atomic E-state index is 0.113. The molecule has 0 fully saturated rings. The first kappa shape index (κ1) is 50.3. The van der Waals surface area contributed by atoms with Gasteiger partial charge in [-0.25, -0.2) is 9.36 Å². The standard InChI is InChI=1S/C42H87N2O6P/c1-6-8-10-12-14-16-18-20-22-23-24-26-28-30-32-34-36-41(40-49-51(46,47)48-39-38-44(3,4)5)50-42(45)43-37-35-33-31-29-27-25-21-19-17-15-13-11-9-7-2/h41H,6-40H2,1-5H3,(H-,43,45,46,47)/p+1. The maximum atomic E-state index is 12.6. The van der Waals surface area contributed by atoms with Gasteiger partial charge in [0, 0.05) is 6.54 Å². The number of nitrogens with zero attached hydrogens (tertiary/aromatic N) is 1. The van der Waals surface area contributed by atoms with E-state index in [-0.39, 0.29) is 13.2 Å². The fourth-order valence-corrected chi connectivity index (χ4v) is 7.19. The number of rotatable bonds is 40. The number of hydrogen-bond donors (Lipinski definition) is 2. The first-order chi connectivity index (χ1) is 24.6. The van der Waals surface area contributed by atoms with Crippen LogP contribution in [-0.2, 0) is 18.3 Å². The largest absolute Gasteiger partial charge is 0.472 e. The molecule has 2 N–H and O–H groups in total. The van der Waals surface area contributed by atoms with Crippen LogP contribution in [0.5, 0.6) is 0 Å². The van der Waals surface area contributed by atoms with E-state index in [1.807, 2.05) is 21.1 Å². The Hall–Kier alpha value is -0.660. The monoisotopic (exact) mass is 748 g/mol. The van der Waals surface area contributed by atoms with E-state index in [1.165, 1.54) is 161 Å². The first-order valence-corrected chi connectivity index (χ1v) is 23.5. The number of carbonyl (C=O) groups is 1. The smallest absolute Gasteiger partial charge is 0.444 e. The van der Waals surface area contributed by atoms with Gasteiger partial charge in [0.2, 0.25) is 0 Å². The Balaban J connectivity index is 4.20. The minimum atomic E-state index is -4.23. The lowest BCUT2D eigenvalue weighted by atomic mass is 10.0. The van der Waals surface area contributed by atoms with Gasteiger partial charge in [-0.15, -0.1) is 0 Å². The average molecular weight is 748 g/mol. The molecule has 0 spiro atoms. The number of phosphoric acid groups is 1. The van der Waals surface area contributed by atoms with Crippen LogP contribution in [0.15, 0.2) is 0 Å². The molecule has 2 atom stereocenters. The third kappa shape index (κ3) is 40.4. The maximum Gasteiger partial charge on any atom is 0.472 e. The summed E-state index contributed by atoms with van der Waals surface area (Å²) in [6, 6.07) is 0. The van der Waals surface area contributed by atoms with Crippen molar-refractivity contribution in [3.8, 4) is 0 Å². The van der Waals surface area contributed by atoms with Crippen molar-refractivity contribution >= 4 is 13.9 Å². The Bertz CT molecular complexity index is 794. The highest BCUT2D eigenvalue weighted by molar-refractivity contribution is 7.47. The van der Waals surface area contributed by atoms with Crippen LogP contribution >= 0.6 is 7.82 Å². The van der Waals surface area contributed by atoms with Gasteiger partial charge in [0.15, 0.2) is 0 Å². The van der Waals surface area contributed by atoms with Crippen molar-refractivity contribution in [3.05, 3.63) is 0 Å². The van der Waals surface area contributed by atoms with Crippen molar-refractivity contribution in [1.82, 2.24) is 5.32 Å². The van der Waals surface area contributed by atoms with E-state index in [4.69, 9.17) is 13.8 Å². The molecule has 9 heteroatoms. The molecule has 0 aliphatic rings. The van der Waals surface area contributed by atoms with Gasteiger partial charge in [-0.2, -0.15) is 0 Å². The fourth-order valence-electron chi connectivity index (χ4n) is 6.44. The molecule has 0 heterocycles. The third-order valence-electron chi connectivity index (χ3n) is 9.89. The molecular weight excluding hydrogens is 659 g/mol. The molecule has 8 nitrogen and oxygen atoms in total. The zero-order chi connectivity index (χ0) is 37.7. The summed E-state index contributed by atoms with van der Waals surface area (Å²) in [7, 11) is 1.75. The van der Waals surface area contributed by atoms with Gasteiger partial charge < -0.3 is 19.4 Å². The summed E-state index contributed by atoms with van der Waals surface area (Å²) in [6.07, 6.45) is 38.4. The van der Waals surface area contributed by atoms with Crippen molar-refractivity contribution in [1.29, 1.82) is 0 Å². The third-order valence-corrected chi connectivity index (χ3v) is 10.9. The normalized spacial score (nSPS) is 13.7. The van der Waals surface area contributed by atoms with Gasteiger partial charge >= 0.3 is 13.9 Å². The van der Waals surface area contributed by atoms with Crippen LogP contribution in [0.2, 0.25) is 0 Å². The lowest BCUT2D eigenvalue weighted by Crippen LogP contribution is -2.37. The Kier molecular flexibility index (Phi) is 35.9. The molecule has 0 aliphatic heterocycles. The lowest BCUT2D eigenvalue weighted by Gasteiger charge is -2.24. The topological polar surface area (TPSA) is 94.1 Å². The van der Waals surface area contributed by atoms with Crippen LogP contribution < -0.4 is 5.32 Å². The molecular formula is C42H88N2O6P+. The second kappa shape index (κ2) is 36.3. The molecule has 0 aromatic rings.